The van der Waals surface area contributed by atoms with Crippen LogP contribution >= 0.6 is 0 Å². The largest absolute Gasteiger partial charge is 0.466 e. The summed E-state index contributed by atoms with van der Waals surface area (Å²) in [4.78, 5) is 16.2. The Kier molecular flexibility index (Phi) is 8.35. The van der Waals surface area contributed by atoms with Gasteiger partial charge in [0.2, 0.25) is 0 Å². The zero-order chi connectivity index (χ0) is 18.8. The van der Waals surface area contributed by atoms with Crippen molar-refractivity contribution >= 4 is 23.1 Å². The summed E-state index contributed by atoms with van der Waals surface area (Å²) in [6.07, 6.45) is 9.16. The summed E-state index contributed by atoms with van der Waals surface area (Å²) >= 11 is 0. The van der Waals surface area contributed by atoms with Crippen molar-refractivity contribution < 1.29 is 9.53 Å². The number of methoxy groups -OCH3 is 1. The molecule has 142 valence electrons. The Morgan fingerprint density at radius 2 is 2.12 bits per heavy atom. The van der Waals surface area contributed by atoms with Crippen LogP contribution in [0, 0.1) is 0 Å². The molecule has 0 atom stereocenters. The van der Waals surface area contributed by atoms with Crippen LogP contribution in [0.25, 0.3) is 17.1 Å². The van der Waals surface area contributed by atoms with Crippen molar-refractivity contribution in [1.82, 2.24) is 14.9 Å². The van der Waals surface area contributed by atoms with E-state index in [-0.39, 0.29) is 5.97 Å². The third kappa shape index (κ3) is 5.70. The van der Waals surface area contributed by atoms with Crippen LogP contribution in [0.4, 0.5) is 0 Å². The zero-order valence-electron chi connectivity index (χ0n) is 16.3. The summed E-state index contributed by atoms with van der Waals surface area (Å²) in [5.74, 6) is 0.806. The van der Waals surface area contributed by atoms with Crippen LogP contribution in [0.15, 0.2) is 24.3 Å². The maximum Gasteiger partial charge on any atom is 0.330 e. The Bertz CT molecular complexity index is 734. The first-order valence-electron chi connectivity index (χ1n) is 9.65. The van der Waals surface area contributed by atoms with Crippen molar-refractivity contribution in [2.75, 3.05) is 20.2 Å². The standard InChI is InChI=1S/C21H31N3O2/c1-4-6-7-8-9-20-23-18-16-17(11-13-21(25)26-3)10-12-19(18)24(20)15-14-22-5-2/h10-13,16,22H,4-9,14-15H2,1-3H3. The Hall–Kier alpha value is -2.14. The van der Waals surface area contributed by atoms with Crippen LogP contribution in [-0.2, 0) is 22.5 Å². The average Bonchev–Trinajstić information content (AvgIpc) is 3.00. The molecule has 0 unspecified atom stereocenters. The smallest absolute Gasteiger partial charge is 0.330 e. The van der Waals surface area contributed by atoms with E-state index in [9.17, 15) is 4.79 Å². The number of ether oxygens (including phenoxy) is 1. The maximum absolute atomic E-state index is 11.3. The van der Waals surface area contributed by atoms with Crippen molar-refractivity contribution in [3.8, 4) is 0 Å². The van der Waals surface area contributed by atoms with Crippen molar-refractivity contribution in [3.63, 3.8) is 0 Å². The molecule has 26 heavy (non-hydrogen) atoms. The molecule has 0 fully saturated rings. The molecule has 0 aliphatic carbocycles. The Balaban J connectivity index is 2.23. The number of benzene rings is 1. The lowest BCUT2D eigenvalue weighted by Gasteiger charge is -2.09. The average molecular weight is 357 g/mol. The van der Waals surface area contributed by atoms with E-state index in [4.69, 9.17) is 4.98 Å². The van der Waals surface area contributed by atoms with Gasteiger partial charge in [-0.3, -0.25) is 0 Å². The lowest BCUT2D eigenvalue weighted by molar-refractivity contribution is -0.134. The minimum atomic E-state index is -0.349. The fourth-order valence-corrected chi connectivity index (χ4v) is 3.05. The Labute approximate surface area is 156 Å². The first-order chi connectivity index (χ1) is 12.7. The normalized spacial score (nSPS) is 11.5. The number of unbranched alkanes of at least 4 members (excludes halogenated alkanes) is 3. The molecular formula is C21H31N3O2. The molecule has 5 heteroatoms. The first kappa shape index (κ1) is 20.2. The molecule has 0 spiro atoms. The molecule has 1 N–H and O–H groups in total. The Morgan fingerprint density at radius 1 is 1.27 bits per heavy atom. The van der Waals surface area contributed by atoms with E-state index < -0.39 is 0 Å². The molecule has 5 nitrogen and oxygen atoms in total. The third-order valence-electron chi connectivity index (χ3n) is 4.48. The van der Waals surface area contributed by atoms with Crippen LogP contribution in [-0.4, -0.2) is 35.7 Å². The van der Waals surface area contributed by atoms with Gasteiger partial charge in [-0.25, -0.2) is 9.78 Å². The van der Waals surface area contributed by atoms with E-state index in [1.807, 2.05) is 12.1 Å². The zero-order valence-corrected chi connectivity index (χ0v) is 16.3. The highest BCUT2D eigenvalue weighted by Gasteiger charge is 2.10. The van der Waals surface area contributed by atoms with Gasteiger partial charge in [-0.05, 0) is 36.7 Å². The van der Waals surface area contributed by atoms with Crippen LogP contribution < -0.4 is 5.32 Å². The number of hydrogen-bond donors (Lipinski definition) is 1. The molecule has 1 heterocycles. The summed E-state index contributed by atoms with van der Waals surface area (Å²) in [7, 11) is 1.38. The fraction of sp³-hybridized carbons (Fsp3) is 0.524. The number of carbonyl (C=O) groups excluding carboxylic acids is 1. The number of nitrogens with one attached hydrogen (secondary N) is 1. The predicted molar refractivity (Wildman–Crippen MR) is 107 cm³/mol. The number of aromatic nitrogens is 2. The van der Waals surface area contributed by atoms with E-state index in [0.717, 1.165) is 48.5 Å². The summed E-state index contributed by atoms with van der Waals surface area (Å²) in [6, 6.07) is 6.16. The summed E-state index contributed by atoms with van der Waals surface area (Å²) < 4.78 is 6.98. The van der Waals surface area contributed by atoms with E-state index in [0.29, 0.717) is 0 Å². The number of hydrogen-bond acceptors (Lipinski definition) is 4. The molecule has 1 aromatic carbocycles. The van der Waals surface area contributed by atoms with E-state index >= 15 is 0 Å². The number of imidazole rings is 1. The van der Waals surface area contributed by atoms with Crippen LogP contribution in [0.1, 0.15) is 50.9 Å². The number of fused-ring (bicyclic) bond motifs is 1. The minimum Gasteiger partial charge on any atom is -0.466 e. The van der Waals surface area contributed by atoms with Crippen LogP contribution in [0.2, 0.25) is 0 Å². The van der Waals surface area contributed by atoms with Gasteiger partial charge < -0.3 is 14.6 Å². The predicted octanol–water partition coefficient (Wildman–Crippen LogP) is 3.95. The molecular weight excluding hydrogens is 326 g/mol. The van der Waals surface area contributed by atoms with Crippen LogP contribution in [0.3, 0.4) is 0 Å². The Morgan fingerprint density at radius 3 is 2.85 bits per heavy atom. The highest BCUT2D eigenvalue weighted by molar-refractivity contribution is 5.88. The molecule has 1 aromatic heterocycles. The number of esters is 1. The molecule has 0 bridgehead atoms. The molecule has 2 rings (SSSR count). The summed E-state index contributed by atoms with van der Waals surface area (Å²) in [6.45, 7) is 7.19. The SMILES string of the molecule is CCCCCCc1nc2cc(C=CC(=O)OC)ccc2n1CCNCC. The van der Waals surface area contributed by atoms with Gasteiger partial charge in [-0.1, -0.05) is 39.2 Å². The van der Waals surface area contributed by atoms with E-state index in [2.05, 4.69) is 34.5 Å². The quantitative estimate of drug-likeness (QED) is 0.376. The fourth-order valence-electron chi connectivity index (χ4n) is 3.05. The molecule has 0 amide bonds. The van der Waals surface area contributed by atoms with Gasteiger partial charge in [-0.15, -0.1) is 0 Å². The van der Waals surface area contributed by atoms with Gasteiger partial charge in [-0.2, -0.15) is 0 Å². The molecule has 0 saturated heterocycles. The lowest BCUT2D eigenvalue weighted by Crippen LogP contribution is -2.20. The van der Waals surface area contributed by atoms with Gasteiger partial charge >= 0.3 is 5.97 Å². The van der Waals surface area contributed by atoms with Crippen molar-refractivity contribution in [3.05, 3.63) is 35.7 Å². The number of nitrogens with zero attached hydrogens (tertiary/aromatic N) is 2. The van der Waals surface area contributed by atoms with E-state index in [1.165, 1.54) is 38.9 Å². The maximum atomic E-state index is 11.3. The second kappa shape index (κ2) is 10.8. The molecule has 0 aliphatic rings. The van der Waals surface area contributed by atoms with Crippen molar-refractivity contribution in [2.24, 2.45) is 0 Å². The molecule has 0 saturated carbocycles. The molecule has 2 aromatic rings. The summed E-state index contributed by atoms with van der Waals surface area (Å²) in [5.41, 5.74) is 3.10. The minimum absolute atomic E-state index is 0.349. The van der Waals surface area contributed by atoms with Crippen molar-refractivity contribution in [2.45, 2.75) is 52.5 Å². The second-order valence-corrected chi connectivity index (χ2v) is 6.45. The van der Waals surface area contributed by atoms with Gasteiger partial charge in [0.25, 0.3) is 0 Å². The van der Waals surface area contributed by atoms with Gasteiger partial charge in [0.15, 0.2) is 0 Å². The monoisotopic (exact) mass is 357 g/mol. The van der Waals surface area contributed by atoms with Gasteiger partial charge in [0, 0.05) is 25.6 Å². The molecule has 0 aliphatic heterocycles. The number of rotatable bonds is 11. The van der Waals surface area contributed by atoms with Crippen molar-refractivity contribution in [1.29, 1.82) is 0 Å². The van der Waals surface area contributed by atoms with E-state index in [1.54, 1.807) is 6.08 Å². The second-order valence-electron chi connectivity index (χ2n) is 6.45. The number of aryl methyl sites for hydroxylation is 1. The topological polar surface area (TPSA) is 56.1 Å². The third-order valence-corrected chi connectivity index (χ3v) is 4.48. The highest BCUT2D eigenvalue weighted by Crippen LogP contribution is 2.20. The van der Waals surface area contributed by atoms with Gasteiger partial charge in [0.05, 0.1) is 18.1 Å². The molecule has 0 radical (unpaired) electrons. The lowest BCUT2D eigenvalue weighted by atomic mass is 10.1. The summed E-state index contributed by atoms with van der Waals surface area (Å²) in [5, 5.41) is 3.39. The number of likely N-dealkylation sites (N-methyl/N-ethyl adjacent to an activating group) is 1. The number of carbonyl (C=O) groups is 1. The highest BCUT2D eigenvalue weighted by atomic mass is 16.5. The van der Waals surface area contributed by atoms with Crippen LogP contribution in [0.5, 0.6) is 0 Å². The van der Waals surface area contributed by atoms with Gasteiger partial charge in [0.1, 0.15) is 5.82 Å². The first-order valence-corrected chi connectivity index (χ1v) is 9.65.